The number of pyridine rings is 1. The quantitative estimate of drug-likeness (QED) is 0.616. The monoisotopic (exact) mass is 347 g/mol. The Morgan fingerprint density at radius 2 is 1.92 bits per heavy atom. The molecule has 0 aliphatic carbocycles. The average Bonchev–Trinajstić information content (AvgIpc) is 3.21. The highest BCUT2D eigenvalue weighted by atomic mass is 15.2. The minimum atomic E-state index is 0.439. The van der Waals surface area contributed by atoms with Crippen LogP contribution >= 0.6 is 0 Å². The SMILES string of the molecule is Cc1cc(-c2cnn(C)c2)ccc1N(C)c1cc2c(ncn2C)c(N)n1. The molecule has 0 saturated carbocycles. The van der Waals surface area contributed by atoms with Gasteiger partial charge in [-0.1, -0.05) is 6.07 Å². The Labute approximate surface area is 151 Å². The third kappa shape index (κ3) is 2.57. The minimum absolute atomic E-state index is 0.439. The molecule has 0 radical (unpaired) electrons. The Kier molecular flexibility index (Phi) is 3.64. The van der Waals surface area contributed by atoms with Crippen LogP contribution in [-0.2, 0) is 14.1 Å². The van der Waals surface area contributed by atoms with Crippen molar-refractivity contribution >= 4 is 28.4 Å². The number of aromatic nitrogens is 5. The van der Waals surface area contributed by atoms with Gasteiger partial charge in [0.2, 0.25) is 0 Å². The number of hydrogen-bond donors (Lipinski definition) is 1. The maximum absolute atomic E-state index is 6.10. The Hall–Kier alpha value is -3.35. The summed E-state index contributed by atoms with van der Waals surface area (Å²) in [7, 11) is 5.87. The lowest BCUT2D eigenvalue weighted by molar-refractivity contribution is 0.768. The van der Waals surface area contributed by atoms with Crippen molar-refractivity contribution in [2.24, 2.45) is 14.1 Å². The molecule has 7 nitrogen and oxygen atoms in total. The number of hydrogen-bond acceptors (Lipinski definition) is 5. The predicted octanol–water partition coefficient (Wildman–Crippen LogP) is 3.03. The lowest BCUT2D eigenvalue weighted by Crippen LogP contribution is -2.13. The van der Waals surface area contributed by atoms with E-state index in [1.807, 2.05) is 49.1 Å². The molecular formula is C19H21N7. The van der Waals surface area contributed by atoms with Gasteiger partial charge < -0.3 is 15.2 Å². The maximum Gasteiger partial charge on any atom is 0.154 e. The van der Waals surface area contributed by atoms with Crippen LogP contribution in [0.2, 0.25) is 0 Å². The van der Waals surface area contributed by atoms with E-state index in [0.29, 0.717) is 5.82 Å². The molecule has 0 unspecified atom stereocenters. The number of nitrogens with two attached hydrogens (primary N) is 1. The van der Waals surface area contributed by atoms with Crippen molar-refractivity contribution in [3.63, 3.8) is 0 Å². The first-order valence-corrected chi connectivity index (χ1v) is 8.35. The van der Waals surface area contributed by atoms with E-state index in [4.69, 9.17) is 5.73 Å². The van der Waals surface area contributed by atoms with Crippen molar-refractivity contribution < 1.29 is 0 Å². The molecule has 4 aromatic rings. The van der Waals surface area contributed by atoms with Crippen LogP contribution in [0.4, 0.5) is 17.3 Å². The first kappa shape index (κ1) is 16.1. The molecule has 4 rings (SSSR count). The van der Waals surface area contributed by atoms with E-state index in [-0.39, 0.29) is 0 Å². The summed E-state index contributed by atoms with van der Waals surface area (Å²) in [5, 5.41) is 4.24. The Bertz CT molecular complexity index is 1110. The van der Waals surface area contributed by atoms with E-state index in [2.05, 4.69) is 40.2 Å². The third-order valence-electron chi connectivity index (χ3n) is 4.67. The van der Waals surface area contributed by atoms with Gasteiger partial charge >= 0.3 is 0 Å². The summed E-state index contributed by atoms with van der Waals surface area (Å²) in [4.78, 5) is 10.9. The van der Waals surface area contributed by atoms with Crippen LogP contribution in [0.5, 0.6) is 0 Å². The molecule has 2 N–H and O–H groups in total. The highest BCUT2D eigenvalue weighted by Crippen LogP contribution is 2.31. The van der Waals surface area contributed by atoms with E-state index >= 15 is 0 Å². The molecular weight excluding hydrogens is 326 g/mol. The molecule has 0 fully saturated rings. The molecule has 0 saturated heterocycles. The fraction of sp³-hybridized carbons (Fsp3) is 0.211. The summed E-state index contributed by atoms with van der Waals surface area (Å²) in [6, 6.07) is 8.37. The first-order chi connectivity index (χ1) is 12.4. The second-order valence-corrected chi connectivity index (χ2v) is 6.55. The van der Waals surface area contributed by atoms with Crippen LogP contribution in [0.15, 0.2) is 43.0 Å². The molecule has 3 aromatic heterocycles. The Balaban J connectivity index is 1.74. The van der Waals surface area contributed by atoms with Gasteiger partial charge in [0, 0.05) is 44.7 Å². The number of nitrogen functional groups attached to an aromatic ring is 1. The fourth-order valence-corrected chi connectivity index (χ4v) is 3.22. The van der Waals surface area contributed by atoms with Gasteiger partial charge in [0.15, 0.2) is 5.82 Å². The van der Waals surface area contributed by atoms with Crippen LogP contribution in [0.1, 0.15) is 5.56 Å². The van der Waals surface area contributed by atoms with Gasteiger partial charge in [0.1, 0.15) is 11.3 Å². The zero-order valence-corrected chi connectivity index (χ0v) is 15.3. The summed E-state index contributed by atoms with van der Waals surface area (Å²) >= 11 is 0. The summed E-state index contributed by atoms with van der Waals surface area (Å²) in [6.45, 7) is 2.09. The maximum atomic E-state index is 6.10. The molecule has 7 heteroatoms. The highest BCUT2D eigenvalue weighted by molar-refractivity contribution is 5.88. The minimum Gasteiger partial charge on any atom is -0.382 e. The lowest BCUT2D eigenvalue weighted by Gasteiger charge is -2.21. The van der Waals surface area contributed by atoms with Gasteiger partial charge in [-0.2, -0.15) is 5.10 Å². The lowest BCUT2D eigenvalue weighted by atomic mass is 10.0. The first-order valence-electron chi connectivity index (χ1n) is 8.35. The van der Waals surface area contributed by atoms with E-state index in [1.165, 1.54) is 0 Å². The van der Waals surface area contributed by atoms with Crippen molar-refractivity contribution in [3.8, 4) is 11.1 Å². The second-order valence-electron chi connectivity index (χ2n) is 6.55. The standard InChI is InChI=1S/C19H21N7/c1-12-7-13(14-9-22-25(3)10-14)5-6-15(12)26(4)17-8-16-18(19(20)23-17)21-11-24(16)2/h5-11H,1-4H3,(H2,20,23). The largest absolute Gasteiger partial charge is 0.382 e. The highest BCUT2D eigenvalue weighted by Gasteiger charge is 2.14. The molecule has 132 valence electrons. The van der Waals surface area contributed by atoms with Crippen molar-refractivity contribution in [2.45, 2.75) is 6.92 Å². The number of imidazole rings is 1. The topological polar surface area (TPSA) is 77.8 Å². The molecule has 3 heterocycles. The normalized spacial score (nSPS) is 11.2. The molecule has 0 aliphatic heterocycles. The van der Waals surface area contributed by atoms with Crippen molar-refractivity contribution in [2.75, 3.05) is 17.7 Å². The molecule has 0 amide bonds. The summed E-state index contributed by atoms with van der Waals surface area (Å²) < 4.78 is 3.75. The van der Waals surface area contributed by atoms with Crippen LogP contribution in [0.3, 0.4) is 0 Å². The zero-order chi connectivity index (χ0) is 18.4. The smallest absolute Gasteiger partial charge is 0.154 e. The molecule has 0 bridgehead atoms. The predicted molar refractivity (Wildman–Crippen MR) is 104 cm³/mol. The van der Waals surface area contributed by atoms with Gasteiger partial charge in [-0.3, -0.25) is 4.68 Å². The molecule has 0 aliphatic rings. The molecule has 0 spiro atoms. The summed E-state index contributed by atoms with van der Waals surface area (Å²) in [6.07, 6.45) is 5.63. The van der Waals surface area contributed by atoms with Gasteiger partial charge in [-0.15, -0.1) is 0 Å². The van der Waals surface area contributed by atoms with Gasteiger partial charge in [0.05, 0.1) is 18.0 Å². The van der Waals surface area contributed by atoms with Gasteiger partial charge in [-0.05, 0) is 30.2 Å². The zero-order valence-electron chi connectivity index (χ0n) is 15.3. The van der Waals surface area contributed by atoms with Crippen molar-refractivity contribution in [3.05, 3.63) is 48.5 Å². The van der Waals surface area contributed by atoms with Crippen molar-refractivity contribution in [1.82, 2.24) is 24.3 Å². The third-order valence-corrected chi connectivity index (χ3v) is 4.67. The molecule has 0 atom stereocenters. The summed E-state index contributed by atoms with van der Waals surface area (Å²) in [5.41, 5.74) is 12.3. The van der Waals surface area contributed by atoms with Gasteiger partial charge in [-0.25, -0.2) is 9.97 Å². The van der Waals surface area contributed by atoms with Crippen molar-refractivity contribution in [1.29, 1.82) is 0 Å². The van der Waals surface area contributed by atoms with Crippen LogP contribution in [0.25, 0.3) is 22.2 Å². The van der Waals surface area contributed by atoms with Crippen LogP contribution < -0.4 is 10.6 Å². The molecule has 1 aromatic carbocycles. The van der Waals surface area contributed by atoms with Gasteiger partial charge in [0.25, 0.3) is 0 Å². The Morgan fingerprint density at radius 3 is 2.62 bits per heavy atom. The Morgan fingerprint density at radius 1 is 1.12 bits per heavy atom. The number of fused-ring (bicyclic) bond motifs is 1. The number of nitrogens with zero attached hydrogens (tertiary/aromatic N) is 6. The molecule has 26 heavy (non-hydrogen) atoms. The average molecular weight is 347 g/mol. The van der Waals surface area contributed by atoms with E-state index in [1.54, 1.807) is 11.0 Å². The second kappa shape index (κ2) is 5.87. The van der Waals surface area contributed by atoms with E-state index in [0.717, 1.165) is 39.2 Å². The number of anilines is 3. The number of aryl methyl sites for hydroxylation is 3. The fourth-order valence-electron chi connectivity index (χ4n) is 3.22. The summed E-state index contributed by atoms with van der Waals surface area (Å²) in [5.74, 6) is 1.23. The van der Waals surface area contributed by atoms with Crippen LogP contribution in [0, 0.1) is 6.92 Å². The van der Waals surface area contributed by atoms with Crippen LogP contribution in [-0.4, -0.2) is 31.4 Å². The number of benzene rings is 1. The number of rotatable bonds is 3. The van der Waals surface area contributed by atoms with E-state index < -0.39 is 0 Å². The van der Waals surface area contributed by atoms with E-state index in [9.17, 15) is 0 Å².